The SMILES string of the molecule is Cc1cc(C(=O)N(C)Cc2ccccc2C)ccc1F. The van der Waals surface area contributed by atoms with Crippen LogP contribution in [-0.4, -0.2) is 17.9 Å². The summed E-state index contributed by atoms with van der Waals surface area (Å²) < 4.78 is 13.2. The Bertz CT molecular complexity index is 637. The van der Waals surface area contributed by atoms with Gasteiger partial charge in [0.2, 0.25) is 0 Å². The predicted octanol–water partition coefficient (Wildman–Crippen LogP) is 3.71. The molecule has 0 atom stereocenters. The van der Waals surface area contributed by atoms with Gasteiger partial charge < -0.3 is 4.90 Å². The van der Waals surface area contributed by atoms with Crippen molar-refractivity contribution in [3.63, 3.8) is 0 Å². The molecule has 0 fully saturated rings. The highest BCUT2D eigenvalue weighted by Crippen LogP contribution is 2.14. The lowest BCUT2D eigenvalue weighted by Crippen LogP contribution is -2.26. The van der Waals surface area contributed by atoms with Gasteiger partial charge in [0.05, 0.1) is 0 Å². The highest BCUT2D eigenvalue weighted by atomic mass is 19.1. The topological polar surface area (TPSA) is 20.3 Å². The molecule has 0 saturated carbocycles. The minimum atomic E-state index is -0.289. The molecule has 20 heavy (non-hydrogen) atoms. The summed E-state index contributed by atoms with van der Waals surface area (Å²) in [6.45, 7) is 4.23. The largest absolute Gasteiger partial charge is 0.337 e. The Kier molecular flexibility index (Phi) is 4.18. The van der Waals surface area contributed by atoms with Gasteiger partial charge in [0, 0.05) is 19.2 Å². The molecule has 2 rings (SSSR count). The van der Waals surface area contributed by atoms with Crippen molar-refractivity contribution in [1.82, 2.24) is 4.90 Å². The number of halogens is 1. The summed E-state index contributed by atoms with van der Waals surface area (Å²) >= 11 is 0. The maximum atomic E-state index is 13.2. The molecule has 0 bridgehead atoms. The van der Waals surface area contributed by atoms with Crippen LogP contribution in [0.25, 0.3) is 0 Å². The molecule has 0 unspecified atom stereocenters. The number of hydrogen-bond donors (Lipinski definition) is 0. The number of rotatable bonds is 3. The fourth-order valence-corrected chi connectivity index (χ4v) is 2.11. The number of carbonyl (C=O) groups excluding carboxylic acids is 1. The van der Waals surface area contributed by atoms with Gasteiger partial charge in [-0.15, -0.1) is 0 Å². The zero-order chi connectivity index (χ0) is 14.7. The van der Waals surface area contributed by atoms with Crippen molar-refractivity contribution in [1.29, 1.82) is 0 Å². The smallest absolute Gasteiger partial charge is 0.253 e. The Labute approximate surface area is 118 Å². The molecule has 3 heteroatoms. The Hall–Kier alpha value is -2.16. The molecule has 0 spiro atoms. The quantitative estimate of drug-likeness (QED) is 0.833. The van der Waals surface area contributed by atoms with E-state index in [-0.39, 0.29) is 11.7 Å². The van der Waals surface area contributed by atoms with Crippen LogP contribution in [0.1, 0.15) is 27.0 Å². The Morgan fingerprint density at radius 2 is 1.80 bits per heavy atom. The van der Waals surface area contributed by atoms with Gasteiger partial charge in [-0.05, 0) is 48.7 Å². The molecule has 0 heterocycles. The zero-order valence-corrected chi connectivity index (χ0v) is 12.0. The second kappa shape index (κ2) is 5.87. The fourth-order valence-electron chi connectivity index (χ4n) is 2.11. The summed E-state index contributed by atoms with van der Waals surface area (Å²) in [7, 11) is 1.76. The minimum absolute atomic E-state index is 0.101. The number of aryl methyl sites for hydroxylation is 2. The lowest BCUT2D eigenvalue weighted by atomic mass is 10.1. The molecular formula is C17H18FNO. The highest BCUT2D eigenvalue weighted by molar-refractivity contribution is 5.94. The van der Waals surface area contributed by atoms with Crippen molar-refractivity contribution < 1.29 is 9.18 Å². The van der Waals surface area contributed by atoms with Crippen molar-refractivity contribution in [2.45, 2.75) is 20.4 Å². The van der Waals surface area contributed by atoms with Crippen LogP contribution in [0.3, 0.4) is 0 Å². The van der Waals surface area contributed by atoms with Gasteiger partial charge in [-0.3, -0.25) is 4.79 Å². The van der Waals surface area contributed by atoms with Crippen molar-refractivity contribution in [2.75, 3.05) is 7.05 Å². The van der Waals surface area contributed by atoms with E-state index in [2.05, 4.69) is 0 Å². The summed E-state index contributed by atoms with van der Waals surface area (Å²) in [4.78, 5) is 14.0. The van der Waals surface area contributed by atoms with Gasteiger partial charge >= 0.3 is 0 Å². The van der Waals surface area contributed by atoms with Crippen LogP contribution in [0, 0.1) is 19.7 Å². The molecule has 0 aliphatic carbocycles. The molecule has 1 amide bonds. The first-order valence-electron chi connectivity index (χ1n) is 6.55. The number of amides is 1. The lowest BCUT2D eigenvalue weighted by molar-refractivity contribution is 0.0785. The number of nitrogens with zero attached hydrogens (tertiary/aromatic N) is 1. The molecule has 104 valence electrons. The van der Waals surface area contributed by atoms with Crippen LogP contribution >= 0.6 is 0 Å². The minimum Gasteiger partial charge on any atom is -0.337 e. The molecule has 0 N–H and O–H groups in total. The van der Waals surface area contributed by atoms with Crippen molar-refractivity contribution in [2.24, 2.45) is 0 Å². The normalized spacial score (nSPS) is 10.4. The molecule has 0 saturated heterocycles. The van der Waals surface area contributed by atoms with Gasteiger partial charge in [-0.25, -0.2) is 4.39 Å². The molecule has 0 aliphatic rings. The number of benzene rings is 2. The summed E-state index contributed by atoms with van der Waals surface area (Å²) in [5, 5.41) is 0. The van der Waals surface area contributed by atoms with Crippen LogP contribution in [-0.2, 0) is 6.54 Å². The number of hydrogen-bond acceptors (Lipinski definition) is 1. The van der Waals surface area contributed by atoms with E-state index in [4.69, 9.17) is 0 Å². The maximum Gasteiger partial charge on any atom is 0.253 e. The molecule has 0 radical (unpaired) electrons. The molecule has 0 aromatic heterocycles. The standard InChI is InChI=1S/C17H18FNO/c1-12-6-4-5-7-15(12)11-19(3)17(20)14-8-9-16(18)13(2)10-14/h4-10H,11H2,1-3H3. The second-order valence-electron chi connectivity index (χ2n) is 5.05. The first-order valence-corrected chi connectivity index (χ1v) is 6.55. The van der Waals surface area contributed by atoms with E-state index in [0.717, 1.165) is 11.1 Å². The van der Waals surface area contributed by atoms with E-state index < -0.39 is 0 Å². The summed E-state index contributed by atoms with van der Waals surface area (Å²) in [5.74, 6) is -0.389. The zero-order valence-electron chi connectivity index (χ0n) is 12.0. The van der Waals surface area contributed by atoms with Crippen molar-refractivity contribution in [3.8, 4) is 0 Å². The average Bonchev–Trinajstić information content (AvgIpc) is 2.43. The van der Waals surface area contributed by atoms with Gasteiger partial charge in [0.25, 0.3) is 5.91 Å². The first-order chi connectivity index (χ1) is 9.49. The Balaban J connectivity index is 2.16. The van der Waals surface area contributed by atoms with E-state index in [1.165, 1.54) is 12.1 Å². The third-order valence-electron chi connectivity index (χ3n) is 3.42. The van der Waals surface area contributed by atoms with Crippen LogP contribution in [0.2, 0.25) is 0 Å². The third-order valence-corrected chi connectivity index (χ3v) is 3.42. The van der Waals surface area contributed by atoms with Crippen LogP contribution in [0.5, 0.6) is 0 Å². The summed E-state index contributed by atoms with van der Waals surface area (Å²) in [6.07, 6.45) is 0. The Morgan fingerprint density at radius 3 is 2.45 bits per heavy atom. The maximum absolute atomic E-state index is 13.2. The number of carbonyl (C=O) groups is 1. The van der Waals surface area contributed by atoms with Crippen molar-refractivity contribution in [3.05, 3.63) is 70.5 Å². The predicted molar refractivity (Wildman–Crippen MR) is 78.1 cm³/mol. The van der Waals surface area contributed by atoms with E-state index in [1.807, 2.05) is 31.2 Å². The van der Waals surface area contributed by atoms with E-state index in [0.29, 0.717) is 17.7 Å². The highest BCUT2D eigenvalue weighted by Gasteiger charge is 2.13. The average molecular weight is 271 g/mol. The summed E-state index contributed by atoms with van der Waals surface area (Å²) in [6, 6.07) is 12.4. The van der Waals surface area contributed by atoms with Gasteiger partial charge in [0.15, 0.2) is 0 Å². The molecular weight excluding hydrogens is 253 g/mol. The van der Waals surface area contributed by atoms with Crippen LogP contribution in [0.15, 0.2) is 42.5 Å². The first kappa shape index (κ1) is 14.3. The van der Waals surface area contributed by atoms with Gasteiger partial charge in [-0.1, -0.05) is 24.3 Å². The second-order valence-corrected chi connectivity index (χ2v) is 5.05. The summed E-state index contributed by atoms with van der Waals surface area (Å²) in [5.41, 5.74) is 3.27. The molecule has 2 aromatic carbocycles. The lowest BCUT2D eigenvalue weighted by Gasteiger charge is -2.19. The Morgan fingerprint density at radius 1 is 1.10 bits per heavy atom. The molecule has 0 aliphatic heterocycles. The van der Waals surface area contributed by atoms with Gasteiger partial charge in [0.1, 0.15) is 5.82 Å². The van der Waals surface area contributed by atoms with E-state index in [1.54, 1.807) is 24.9 Å². The molecule has 2 aromatic rings. The van der Waals surface area contributed by atoms with E-state index >= 15 is 0 Å². The fraction of sp³-hybridized carbons (Fsp3) is 0.235. The van der Waals surface area contributed by atoms with Crippen LogP contribution < -0.4 is 0 Å². The van der Waals surface area contributed by atoms with Crippen molar-refractivity contribution >= 4 is 5.91 Å². The third kappa shape index (κ3) is 3.05. The molecule has 2 nitrogen and oxygen atoms in total. The van der Waals surface area contributed by atoms with Crippen LogP contribution in [0.4, 0.5) is 4.39 Å². The van der Waals surface area contributed by atoms with Gasteiger partial charge in [-0.2, -0.15) is 0 Å². The monoisotopic (exact) mass is 271 g/mol. The van der Waals surface area contributed by atoms with E-state index in [9.17, 15) is 9.18 Å².